The Balaban J connectivity index is 2.23. The van der Waals surface area contributed by atoms with Crippen LogP contribution in [-0.2, 0) is 9.63 Å². The number of hydrogen-bond acceptors (Lipinski definition) is 4. The van der Waals surface area contributed by atoms with Crippen molar-refractivity contribution >= 4 is 51.0 Å². The third-order valence-corrected chi connectivity index (χ3v) is 3.54. The summed E-state index contributed by atoms with van der Waals surface area (Å²) in [5.41, 5.74) is 2.90. The quantitative estimate of drug-likeness (QED) is 0.613. The third-order valence-electron chi connectivity index (χ3n) is 2.43. The van der Waals surface area contributed by atoms with E-state index >= 15 is 0 Å². The van der Waals surface area contributed by atoms with Crippen LogP contribution in [0.3, 0.4) is 0 Å². The smallest absolute Gasteiger partial charge is 0.281 e. The average molecular weight is 407 g/mol. The molecule has 5 nitrogen and oxygen atoms in total. The number of nitrogens with zero attached hydrogens (tertiary/aromatic N) is 1. The van der Waals surface area contributed by atoms with Gasteiger partial charge in [-0.25, -0.2) is 5.48 Å². The molecule has 7 heteroatoms. The predicted molar refractivity (Wildman–Crippen MR) is 84.7 cm³/mol. The number of pyridine rings is 1. The minimum atomic E-state index is -0.360. The van der Waals surface area contributed by atoms with E-state index in [1.165, 1.54) is 0 Å². The highest BCUT2D eigenvalue weighted by atomic mass is 127. The van der Waals surface area contributed by atoms with E-state index in [4.69, 9.17) is 21.2 Å². The van der Waals surface area contributed by atoms with Gasteiger partial charge in [0.05, 0.1) is 15.2 Å². The number of nitrogens with one attached hydrogen (secondary N) is 1. The monoisotopic (exact) mass is 406 g/mol. The maximum Gasteiger partial charge on any atom is 0.281 e. The molecule has 0 saturated carbocycles. The van der Waals surface area contributed by atoms with Crippen LogP contribution in [0.4, 0.5) is 0 Å². The number of benzene rings is 1. The molecule has 2 rings (SSSR count). The number of amides is 1. The van der Waals surface area contributed by atoms with Gasteiger partial charge in [0.15, 0.2) is 12.4 Å². The van der Waals surface area contributed by atoms with Gasteiger partial charge in [0.2, 0.25) is 0 Å². The number of carbonyl (C=O) groups excluding carboxylic acids is 1. The maximum absolute atomic E-state index is 11.5. The molecule has 20 heavy (non-hydrogen) atoms. The highest BCUT2D eigenvalue weighted by molar-refractivity contribution is 14.1. The van der Waals surface area contributed by atoms with Crippen LogP contribution in [0.5, 0.6) is 5.75 Å². The second-order valence-electron chi connectivity index (χ2n) is 3.82. The molecule has 106 valence electrons. The fourth-order valence-electron chi connectivity index (χ4n) is 1.60. The van der Waals surface area contributed by atoms with Crippen LogP contribution in [0.1, 0.15) is 6.92 Å². The van der Waals surface area contributed by atoms with Crippen molar-refractivity contribution in [2.45, 2.75) is 6.92 Å². The Morgan fingerprint density at radius 3 is 3.10 bits per heavy atom. The first-order valence-corrected chi connectivity index (χ1v) is 7.35. The van der Waals surface area contributed by atoms with E-state index < -0.39 is 0 Å². The van der Waals surface area contributed by atoms with Gasteiger partial charge in [-0.2, -0.15) is 0 Å². The Hall–Kier alpha value is -1.12. The Kier molecular flexibility index (Phi) is 5.38. The summed E-state index contributed by atoms with van der Waals surface area (Å²) in [6.07, 6.45) is 1.65. The normalized spacial score (nSPS) is 10.6. The fraction of sp³-hybridized carbons (Fsp3) is 0.231. The molecule has 0 fully saturated rings. The number of hydroxylamine groups is 1. The molecule has 0 bridgehead atoms. The number of aromatic nitrogens is 1. The lowest BCUT2D eigenvalue weighted by Gasteiger charge is -2.11. The summed E-state index contributed by atoms with van der Waals surface area (Å²) in [4.78, 5) is 20.5. The molecule has 1 aromatic carbocycles. The van der Waals surface area contributed by atoms with Gasteiger partial charge in [0.25, 0.3) is 5.91 Å². The standard InChI is InChI=1S/C13H12ClIN2O3/c1-2-20-17-11(18)7-19-13-10(15)6-9(14)8-4-3-5-16-12(8)13/h3-6H,2,7H2,1H3,(H,17,18). The highest BCUT2D eigenvalue weighted by Crippen LogP contribution is 2.34. The lowest BCUT2D eigenvalue weighted by atomic mass is 10.2. The topological polar surface area (TPSA) is 60.5 Å². The fourth-order valence-corrected chi connectivity index (χ4v) is 2.77. The van der Waals surface area contributed by atoms with Crippen LogP contribution in [0.25, 0.3) is 10.9 Å². The SMILES string of the molecule is CCONC(=O)COc1c(I)cc(Cl)c2cccnc12. The van der Waals surface area contributed by atoms with E-state index in [9.17, 15) is 4.79 Å². The summed E-state index contributed by atoms with van der Waals surface area (Å²) >= 11 is 8.26. The Labute approximate surface area is 134 Å². The van der Waals surface area contributed by atoms with Crippen molar-refractivity contribution < 1.29 is 14.4 Å². The van der Waals surface area contributed by atoms with Crippen LogP contribution in [-0.4, -0.2) is 24.1 Å². The van der Waals surface area contributed by atoms with Gasteiger partial charge in [0, 0.05) is 11.6 Å². The predicted octanol–water partition coefficient (Wildman–Crippen LogP) is 2.94. The molecule has 0 radical (unpaired) electrons. The zero-order valence-corrected chi connectivity index (χ0v) is 13.6. The Morgan fingerprint density at radius 1 is 1.55 bits per heavy atom. The molecule has 1 heterocycles. The van der Waals surface area contributed by atoms with Gasteiger partial charge in [-0.1, -0.05) is 11.6 Å². The Morgan fingerprint density at radius 2 is 2.35 bits per heavy atom. The van der Waals surface area contributed by atoms with E-state index in [0.29, 0.717) is 22.9 Å². The van der Waals surface area contributed by atoms with Crippen molar-refractivity contribution in [3.05, 3.63) is 33.0 Å². The van der Waals surface area contributed by atoms with Crippen LogP contribution in [0, 0.1) is 3.57 Å². The zero-order chi connectivity index (χ0) is 14.5. The molecular weight excluding hydrogens is 395 g/mol. The van der Waals surface area contributed by atoms with Gasteiger partial charge in [-0.15, -0.1) is 0 Å². The number of halogens is 2. The zero-order valence-electron chi connectivity index (χ0n) is 10.7. The summed E-state index contributed by atoms with van der Waals surface area (Å²) in [6.45, 7) is 2.03. The molecule has 0 aliphatic heterocycles. The van der Waals surface area contributed by atoms with Gasteiger partial charge >= 0.3 is 0 Å². The third kappa shape index (κ3) is 3.50. The molecule has 0 aliphatic rings. The molecule has 0 unspecified atom stereocenters. The summed E-state index contributed by atoms with van der Waals surface area (Å²) in [6, 6.07) is 5.43. The lowest BCUT2D eigenvalue weighted by molar-refractivity contribution is -0.135. The number of rotatable bonds is 5. The largest absolute Gasteiger partial charge is 0.480 e. The van der Waals surface area contributed by atoms with Crippen LogP contribution in [0.15, 0.2) is 24.4 Å². The molecule has 0 saturated heterocycles. The van der Waals surface area contributed by atoms with Gasteiger partial charge in [0.1, 0.15) is 5.52 Å². The molecule has 0 spiro atoms. The van der Waals surface area contributed by atoms with Gasteiger partial charge in [-0.05, 0) is 47.7 Å². The van der Waals surface area contributed by atoms with Crippen LogP contribution < -0.4 is 10.2 Å². The molecule has 0 atom stereocenters. The van der Waals surface area contributed by atoms with Crippen molar-refractivity contribution in [1.29, 1.82) is 0 Å². The number of ether oxygens (including phenoxy) is 1. The summed E-state index contributed by atoms with van der Waals surface area (Å²) in [5.74, 6) is 0.180. The summed E-state index contributed by atoms with van der Waals surface area (Å²) < 4.78 is 6.34. The Bertz CT molecular complexity index is 636. The van der Waals surface area contributed by atoms with E-state index in [1.807, 2.05) is 6.07 Å². The average Bonchev–Trinajstić information content (AvgIpc) is 2.45. The van der Waals surface area contributed by atoms with Crippen molar-refractivity contribution in [3.8, 4) is 5.75 Å². The van der Waals surface area contributed by atoms with Crippen molar-refractivity contribution in [1.82, 2.24) is 10.5 Å². The number of fused-ring (bicyclic) bond motifs is 1. The minimum Gasteiger partial charge on any atom is -0.480 e. The number of carbonyl (C=O) groups is 1. The lowest BCUT2D eigenvalue weighted by Crippen LogP contribution is -2.29. The van der Waals surface area contributed by atoms with E-state index in [2.05, 4.69) is 33.1 Å². The molecule has 1 N–H and O–H groups in total. The highest BCUT2D eigenvalue weighted by Gasteiger charge is 2.13. The summed E-state index contributed by atoms with van der Waals surface area (Å²) in [7, 11) is 0. The second-order valence-corrected chi connectivity index (χ2v) is 5.39. The first kappa shape index (κ1) is 15.3. The van der Waals surface area contributed by atoms with E-state index in [0.717, 1.165) is 8.96 Å². The molecular formula is C13H12ClIN2O3. The molecule has 1 aromatic heterocycles. The van der Waals surface area contributed by atoms with E-state index in [-0.39, 0.29) is 12.5 Å². The van der Waals surface area contributed by atoms with Gasteiger partial charge in [-0.3, -0.25) is 14.6 Å². The van der Waals surface area contributed by atoms with Crippen molar-refractivity contribution in [2.75, 3.05) is 13.2 Å². The van der Waals surface area contributed by atoms with Gasteiger partial charge < -0.3 is 4.74 Å². The molecule has 2 aromatic rings. The van der Waals surface area contributed by atoms with Crippen LogP contribution in [0.2, 0.25) is 5.02 Å². The first-order valence-electron chi connectivity index (χ1n) is 5.89. The first-order chi connectivity index (χ1) is 9.63. The second kappa shape index (κ2) is 7.05. The molecule has 0 aliphatic carbocycles. The van der Waals surface area contributed by atoms with Crippen molar-refractivity contribution in [3.63, 3.8) is 0 Å². The summed E-state index contributed by atoms with van der Waals surface area (Å²) in [5, 5.41) is 1.39. The van der Waals surface area contributed by atoms with Crippen molar-refractivity contribution in [2.24, 2.45) is 0 Å². The van der Waals surface area contributed by atoms with E-state index in [1.54, 1.807) is 25.3 Å². The molecule has 1 amide bonds. The van der Waals surface area contributed by atoms with Crippen LogP contribution >= 0.6 is 34.2 Å². The number of hydrogen-bond donors (Lipinski definition) is 1. The maximum atomic E-state index is 11.5. The minimum absolute atomic E-state index is 0.149.